The summed E-state index contributed by atoms with van der Waals surface area (Å²) in [5.74, 6) is -2.66. The van der Waals surface area contributed by atoms with Crippen LogP contribution in [0.4, 0.5) is 22.0 Å². The van der Waals surface area contributed by atoms with Crippen molar-refractivity contribution in [3.8, 4) is 0 Å². The molecule has 0 saturated heterocycles. The maximum absolute atomic E-state index is 14.8. The van der Waals surface area contributed by atoms with Crippen molar-refractivity contribution < 1.29 is 31.5 Å². The molecule has 0 aliphatic rings. The lowest BCUT2D eigenvalue weighted by Crippen LogP contribution is -2.58. The SMILES string of the molecule is CO[C@](C(=O)NC[C@](Cc1ccccc1)(c1cc(C)cc(F)c1)c1ccc(F)cn1)(c1ccccc1)C(F)(F)F. The Morgan fingerprint density at radius 2 is 1.50 bits per heavy atom. The number of aromatic nitrogens is 1. The standard InChI is InChI=1S/C31H27F5N2O2/c1-21-15-24(17-26(33)16-21)29(18-22-9-5-3-6-10-22,27-14-13-25(32)19-37-27)20-38-28(39)30(40-2,31(34,35)36)23-11-7-4-8-12-23/h3-17,19H,18,20H2,1-2H3,(H,38,39)/t29-,30+/m1/s1. The van der Waals surface area contributed by atoms with Gasteiger partial charge in [-0.1, -0.05) is 66.7 Å². The molecule has 1 aromatic heterocycles. The number of carbonyl (C=O) groups excluding carboxylic acids is 1. The molecular weight excluding hydrogens is 527 g/mol. The average molecular weight is 555 g/mol. The molecule has 0 radical (unpaired) electrons. The molecule has 0 aliphatic carbocycles. The summed E-state index contributed by atoms with van der Waals surface area (Å²) in [6.07, 6.45) is -4.05. The highest BCUT2D eigenvalue weighted by molar-refractivity contribution is 5.88. The predicted octanol–water partition coefficient (Wildman–Crippen LogP) is 6.42. The maximum atomic E-state index is 14.8. The van der Waals surface area contributed by atoms with Crippen LogP contribution in [0.3, 0.4) is 0 Å². The monoisotopic (exact) mass is 554 g/mol. The third-order valence-corrected chi connectivity index (χ3v) is 6.92. The average Bonchev–Trinajstić information content (AvgIpc) is 2.92. The topological polar surface area (TPSA) is 51.2 Å². The Morgan fingerprint density at radius 3 is 2.05 bits per heavy atom. The molecule has 3 aromatic carbocycles. The molecule has 2 atom stereocenters. The number of benzene rings is 3. The Hall–Kier alpha value is -4.11. The van der Waals surface area contributed by atoms with Gasteiger partial charge in [-0.05, 0) is 54.3 Å². The number of pyridine rings is 1. The van der Waals surface area contributed by atoms with Crippen molar-refractivity contribution in [1.29, 1.82) is 0 Å². The maximum Gasteiger partial charge on any atom is 0.430 e. The van der Waals surface area contributed by atoms with E-state index in [0.717, 1.165) is 37.1 Å². The minimum Gasteiger partial charge on any atom is -0.356 e. The first-order valence-electron chi connectivity index (χ1n) is 12.4. The number of hydrogen-bond acceptors (Lipinski definition) is 3. The molecule has 0 unspecified atom stereocenters. The second-order valence-electron chi connectivity index (χ2n) is 9.56. The fourth-order valence-corrected chi connectivity index (χ4v) is 4.99. The third kappa shape index (κ3) is 5.60. The summed E-state index contributed by atoms with van der Waals surface area (Å²) >= 11 is 0. The molecule has 1 heterocycles. The zero-order valence-corrected chi connectivity index (χ0v) is 21.8. The summed E-state index contributed by atoms with van der Waals surface area (Å²) in [4.78, 5) is 17.8. The van der Waals surface area contributed by atoms with Gasteiger partial charge in [0, 0.05) is 19.2 Å². The third-order valence-electron chi connectivity index (χ3n) is 6.92. The summed E-state index contributed by atoms with van der Waals surface area (Å²) < 4.78 is 77.4. The van der Waals surface area contributed by atoms with Crippen LogP contribution in [0.25, 0.3) is 0 Å². The van der Waals surface area contributed by atoms with Crippen LogP contribution >= 0.6 is 0 Å². The van der Waals surface area contributed by atoms with Crippen molar-refractivity contribution >= 4 is 5.91 Å². The van der Waals surface area contributed by atoms with Gasteiger partial charge in [0.25, 0.3) is 11.5 Å². The number of rotatable bonds is 9. The predicted molar refractivity (Wildman–Crippen MR) is 140 cm³/mol. The molecule has 0 bridgehead atoms. The molecule has 40 heavy (non-hydrogen) atoms. The molecule has 0 saturated carbocycles. The van der Waals surface area contributed by atoms with E-state index >= 15 is 0 Å². The number of alkyl halides is 3. The Kier molecular flexibility index (Phi) is 8.34. The molecule has 9 heteroatoms. The van der Waals surface area contributed by atoms with Gasteiger partial charge in [0.2, 0.25) is 0 Å². The van der Waals surface area contributed by atoms with Gasteiger partial charge in [0.1, 0.15) is 11.6 Å². The molecule has 1 amide bonds. The van der Waals surface area contributed by atoms with Gasteiger partial charge in [-0.3, -0.25) is 9.78 Å². The van der Waals surface area contributed by atoms with Crippen molar-refractivity contribution in [3.05, 3.63) is 137 Å². The Balaban J connectivity index is 1.89. The lowest BCUT2D eigenvalue weighted by molar-refractivity contribution is -0.265. The van der Waals surface area contributed by atoms with Gasteiger partial charge >= 0.3 is 6.18 Å². The summed E-state index contributed by atoms with van der Waals surface area (Å²) in [5.41, 5.74) is -3.24. The van der Waals surface area contributed by atoms with Crippen LogP contribution in [-0.4, -0.2) is 30.7 Å². The summed E-state index contributed by atoms with van der Waals surface area (Å²) in [6.45, 7) is 1.24. The Bertz CT molecular complexity index is 1430. The zero-order valence-electron chi connectivity index (χ0n) is 21.8. The molecule has 0 aliphatic heterocycles. The van der Waals surface area contributed by atoms with E-state index in [-0.39, 0.29) is 12.1 Å². The van der Waals surface area contributed by atoms with Crippen molar-refractivity contribution in [2.45, 2.75) is 30.5 Å². The van der Waals surface area contributed by atoms with E-state index in [4.69, 9.17) is 4.74 Å². The summed E-state index contributed by atoms with van der Waals surface area (Å²) in [7, 11) is 0.814. The molecule has 0 fully saturated rings. The first-order valence-corrected chi connectivity index (χ1v) is 12.4. The van der Waals surface area contributed by atoms with Gasteiger partial charge in [-0.15, -0.1) is 0 Å². The number of hydrogen-bond donors (Lipinski definition) is 1. The molecule has 1 N–H and O–H groups in total. The second kappa shape index (κ2) is 11.6. The highest BCUT2D eigenvalue weighted by Crippen LogP contribution is 2.43. The first kappa shape index (κ1) is 28.9. The van der Waals surface area contributed by atoms with Gasteiger partial charge < -0.3 is 10.1 Å². The highest BCUT2D eigenvalue weighted by atomic mass is 19.4. The molecule has 4 nitrogen and oxygen atoms in total. The molecule has 0 spiro atoms. The van der Waals surface area contributed by atoms with Crippen LogP contribution < -0.4 is 5.32 Å². The van der Waals surface area contributed by atoms with Crippen LogP contribution in [0, 0.1) is 18.6 Å². The first-order chi connectivity index (χ1) is 19.0. The van der Waals surface area contributed by atoms with E-state index in [9.17, 15) is 26.7 Å². The molecule has 208 valence electrons. The number of carbonyl (C=O) groups is 1. The van der Waals surface area contributed by atoms with E-state index in [1.54, 1.807) is 43.3 Å². The van der Waals surface area contributed by atoms with Gasteiger partial charge in [-0.25, -0.2) is 8.78 Å². The smallest absolute Gasteiger partial charge is 0.356 e. The lowest BCUT2D eigenvalue weighted by Gasteiger charge is -2.38. The van der Waals surface area contributed by atoms with Gasteiger partial charge in [0.05, 0.1) is 17.3 Å². The van der Waals surface area contributed by atoms with Crippen molar-refractivity contribution in [2.75, 3.05) is 13.7 Å². The lowest BCUT2D eigenvalue weighted by atomic mass is 9.72. The Labute approximate surface area is 228 Å². The number of nitrogens with one attached hydrogen (secondary N) is 1. The van der Waals surface area contributed by atoms with E-state index in [2.05, 4.69) is 10.3 Å². The fourth-order valence-electron chi connectivity index (χ4n) is 4.99. The summed E-state index contributed by atoms with van der Waals surface area (Å²) in [5, 5.41) is 2.45. The van der Waals surface area contributed by atoms with Crippen LogP contribution in [0.1, 0.15) is 27.9 Å². The highest BCUT2D eigenvalue weighted by Gasteiger charge is 2.62. The number of ether oxygens (including phenoxy) is 1. The number of aryl methyl sites for hydroxylation is 1. The minimum atomic E-state index is -5.13. The fraction of sp³-hybridized carbons (Fsp3) is 0.226. The number of halogens is 5. The van der Waals surface area contributed by atoms with Crippen LogP contribution in [0.2, 0.25) is 0 Å². The van der Waals surface area contributed by atoms with Crippen LogP contribution in [-0.2, 0) is 27.0 Å². The van der Waals surface area contributed by atoms with Crippen molar-refractivity contribution in [1.82, 2.24) is 10.3 Å². The zero-order chi connectivity index (χ0) is 29.0. The molecule has 4 aromatic rings. The van der Waals surface area contributed by atoms with Crippen molar-refractivity contribution in [3.63, 3.8) is 0 Å². The number of amides is 1. The van der Waals surface area contributed by atoms with E-state index in [0.29, 0.717) is 11.1 Å². The number of methoxy groups -OCH3 is 1. The summed E-state index contributed by atoms with van der Waals surface area (Å²) in [6, 6.07) is 22.3. The van der Waals surface area contributed by atoms with Gasteiger partial charge in [0.15, 0.2) is 0 Å². The van der Waals surface area contributed by atoms with Crippen LogP contribution in [0.5, 0.6) is 0 Å². The minimum absolute atomic E-state index is 0.104. The number of nitrogens with zero attached hydrogens (tertiary/aromatic N) is 1. The molecular formula is C31H27F5N2O2. The quantitative estimate of drug-likeness (QED) is 0.243. The van der Waals surface area contributed by atoms with E-state index in [1.165, 1.54) is 36.4 Å². The molecule has 4 rings (SSSR count). The largest absolute Gasteiger partial charge is 0.430 e. The van der Waals surface area contributed by atoms with Crippen molar-refractivity contribution in [2.24, 2.45) is 0 Å². The van der Waals surface area contributed by atoms with E-state index < -0.39 is 46.8 Å². The normalized spacial score (nSPS) is 14.7. The Morgan fingerprint density at radius 1 is 0.850 bits per heavy atom. The second-order valence-corrected chi connectivity index (χ2v) is 9.56. The van der Waals surface area contributed by atoms with E-state index in [1.807, 2.05) is 0 Å². The van der Waals surface area contributed by atoms with Crippen LogP contribution in [0.15, 0.2) is 97.2 Å². The van der Waals surface area contributed by atoms with Gasteiger partial charge in [-0.2, -0.15) is 13.2 Å².